The number of benzene rings is 2. The molecule has 0 saturated carbocycles. The third-order valence-electron chi connectivity index (χ3n) is 4.91. The molecular weight excluding hydrogens is 469 g/mol. The van der Waals surface area contributed by atoms with Gasteiger partial charge in [-0.15, -0.1) is 0 Å². The number of sulfonamides is 2. The summed E-state index contributed by atoms with van der Waals surface area (Å²) in [5.41, 5.74) is 0.0195. The van der Waals surface area contributed by atoms with Crippen molar-refractivity contribution in [3.63, 3.8) is 0 Å². The number of hydrogen-bond acceptors (Lipinski definition) is 5. The van der Waals surface area contributed by atoms with E-state index >= 15 is 0 Å². The molecule has 31 heavy (non-hydrogen) atoms. The molecule has 0 aliphatic carbocycles. The van der Waals surface area contributed by atoms with E-state index < -0.39 is 31.8 Å². The second-order valence-corrected chi connectivity index (χ2v) is 11.6. The van der Waals surface area contributed by atoms with Gasteiger partial charge in [0.05, 0.1) is 20.4 Å². The van der Waals surface area contributed by atoms with Gasteiger partial charge in [-0.05, 0) is 36.4 Å². The van der Waals surface area contributed by atoms with E-state index in [0.717, 1.165) is 16.4 Å². The highest BCUT2D eigenvalue weighted by Gasteiger charge is 2.31. The van der Waals surface area contributed by atoms with Crippen molar-refractivity contribution in [1.29, 1.82) is 0 Å². The number of nitrogens with zero attached hydrogens (tertiary/aromatic N) is 3. The Labute approximate surface area is 185 Å². The zero-order chi connectivity index (χ0) is 23.0. The standard InChI is InChI=1S/C19H21ClFN3O5S2/c1-22(2)30(26,27)16-6-7-18(20)17(13-16)19(25)23-8-10-24(11-9-23)31(28,29)15-5-3-4-14(21)12-15/h3-7,12-13H,8-11H2,1-2H3. The van der Waals surface area contributed by atoms with Crippen LogP contribution in [0.25, 0.3) is 0 Å². The Morgan fingerprint density at radius 2 is 1.61 bits per heavy atom. The van der Waals surface area contributed by atoms with Crippen molar-refractivity contribution >= 4 is 37.6 Å². The first-order valence-electron chi connectivity index (χ1n) is 9.21. The Kier molecular flexibility index (Phi) is 6.72. The molecule has 1 saturated heterocycles. The normalized spacial score (nSPS) is 16.0. The van der Waals surface area contributed by atoms with Crippen LogP contribution >= 0.6 is 11.6 Å². The summed E-state index contributed by atoms with van der Waals surface area (Å²) < 4.78 is 65.8. The summed E-state index contributed by atoms with van der Waals surface area (Å²) in [5, 5.41) is 0.0949. The minimum Gasteiger partial charge on any atom is -0.336 e. The molecule has 0 unspecified atom stereocenters. The van der Waals surface area contributed by atoms with Crippen LogP contribution in [0, 0.1) is 5.82 Å². The lowest BCUT2D eigenvalue weighted by Crippen LogP contribution is -2.50. The summed E-state index contributed by atoms with van der Waals surface area (Å²) in [4.78, 5) is 14.1. The smallest absolute Gasteiger partial charge is 0.255 e. The summed E-state index contributed by atoms with van der Waals surface area (Å²) in [5.74, 6) is -1.15. The maximum atomic E-state index is 13.4. The first-order valence-corrected chi connectivity index (χ1v) is 12.5. The first kappa shape index (κ1) is 23.6. The molecular formula is C19H21ClFN3O5S2. The van der Waals surface area contributed by atoms with Crippen LogP contribution < -0.4 is 0 Å². The molecule has 3 rings (SSSR count). The molecule has 1 aliphatic rings. The van der Waals surface area contributed by atoms with Crippen molar-refractivity contribution in [2.75, 3.05) is 40.3 Å². The van der Waals surface area contributed by atoms with Gasteiger partial charge in [-0.2, -0.15) is 4.31 Å². The molecule has 2 aromatic rings. The maximum absolute atomic E-state index is 13.4. The monoisotopic (exact) mass is 489 g/mol. The fourth-order valence-corrected chi connectivity index (χ4v) is 5.70. The molecule has 0 bridgehead atoms. The highest BCUT2D eigenvalue weighted by molar-refractivity contribution is 7.89. The molecule has 0 aromatic heterocycles. The van der Waals surface area contributed by atoms with E-state index in [1.165, 1.54) is 53.6 Å². The van der Waals surface area contributed by atoms with Crippen LogP contribution in [0.5, 0.6) is 0 Å². The van der Waals surface area contributed by atoms with E-state index in [9.17, 15) is 26.0 Å². The number of carbonyl (C=O) groups is 1. The summed E-state index contributed by atoms with van der Waals surface area (Å²) in [6, 6.07) is 8.61. The lowest BCUT2D eigenvalue weighted by atomic mass is 10.2. The molecule has 1 amide bonds. The molecule has 168 valence electrons. The fourth-order valence-electron chi connectivity index (χ4n) is 3.12. The van der Waals surface area contributed by atoms with Gasteiger partial charge in [-0.25, -0.2) is 25.5 Å². The number of halogens is 2. The van der Waals surface area contributed by atoms with Gasteiger partial charge in [0.1, 0.15) is 5.82 Å². The Balaban J connectivity index is 1.78. The molecule has 1 heterocycles. The summed E-state index contributed by atoms with van der Waals surface area (Å²) >= 11 is 6.14. The summed E-state index contributed by atoms with van der Waals surface area (Å²) in [6.45, 7) is 0.179. The van der Waals surface area contributed by atoms with Gasteiger partial charge in [-0.3, -0.25) is 4.79 Å². The van der Waals surface area contributed by atoms with Gasteiger partial charge >= 0.3 is 0 Å². The molecule has 2 aromatic carbocycles. The van der Waals surface area contributed by atoms with E-state index in [0.29, 0.717) is 0 Å². The van der Waals surface area contributed by atoms with Crippen LogP contribution in [0.2, 0.25) is 5.02 Å². The number of rotatable bonds is 5. The lowest BCUT2D eigenvalue weighted by molar-refractivity contribution is 0.0698. The van der Waals surface area contributed by atoms with Crippen LogP contribution in [0.1, 0.15) is 10.4 Å². The van der Waals surface area contributed by atoms with E-state index in [4.69, 9.17) is 11.6 Å². The number of piperazine rings is 1. The number of amides is 1. The van der Waals surface area contributed by atoms with Crippen molar-refractivity contribution in [2.45, 2.75) is 9.79 Å². The molecule has 1 aliphatic heterocycles. The van der Waals surface area contributed by atoms with Crippen molar-refractivity contribution in [1.82, 2.24) is 13.5 Å². The Hall–Kier alpha value is -2.05. The van der Waals surface area contributed by atoms with Crippen molar-refractivity contribution < 1.29 is 26.0 Å². The molecule has 0 radical (unpaired) electrons. The molecule has 8 nitrogen and oxygen atoms in total. The second kappa shape index (κ2) is 8.83. The molecule has 12 heteroatoms. The van der Waals surface area contributed by atoms with E-state index in [1.54, 1.807) is 0 Å². The van der Waals surface area contributed by atoms with Gasteiger partial charge in [0.2, 0.25) is 20.0 Å². The average Bonchev–Trinajstić information content (AvgIpc) is 2.73. The Bertz CT molecular complexity index is 1210. The van der Waals surface area contributed by atoms with E-state index in [1.807, 2.05) is 0 Å². The van der Waals surface area contributed by atoms with E-state index in [2.05, 4.69) is 0 Å². The van der Waals surface area contributed by atoms with E-state index in [-0.39, 0.29) is 46.6 Å². The molecule has 0 atom stereocenters. The quantitative estimate of drug-likeness (QED) is 0.639. The summed E-state index contributed by atoms with van der Waals surface area (Å²) in [7, 11) is -4.90. The number of hydrogen-bond donors (Lipinski definition) is 0. The van der Waals surface area contributed by atoms with Crippen molar-refractivity contribution in [3.05, 3.63) is 58.9 Å². The fraction of sp³-hybridized carbons (Fsp3) is 0.316. The minimum absolute atomic E-state index is 0.0118. The number of carbonyl (C=O) groups excluding carboxylic acids is 1. The van der Waals surface area contributed by atoms with Crippen LogP contribution in [0.4, 0.5) is 4.39 Å². The van der Waals surface area contributed by atoms with Gasteiger partial charge in [0.25, 0.3) is 5.91 Å². The van der Waals surface area contributed by atoms with Gasteiger partial charge in [-0.1, -0.05) is 17.7 Å². The molecule has 0 N–H and O–H groups in total. The topological polar surface area (TPSA) is 95.1 Å². The highest BCUT2D eigenvalue weighted by Crippen LogP contribution is 2.25. The van der Waals surface area contributed by atoms with Gasteiger partial charge < -0.3 is 4.90 Å². The minimum atomic E-state index is -3.90. The predicted molar refractivity (Wildman–Crippen MR) is 113 cm³/mol. The third kappa shape index (κ3) is 4.75. The Morgan fingerprint density at radius 3 is 2.19 bits per heavy atom. The van der Waals surface area contributed by atoms with Gasteiger partial charge in [0, 0.05) is 40.3 Å². The largest absolute Gasteiger partial charge is 0.336 e. The van der Waals surface area contributed by atoms with Crippen LogP contribution in [0.15, 0.2) is 52.3 Å². The summed E-state index contributed by atoms with van der Waals surface area (Å²) in [6.07, 6.45) is 0. The predicted octanol–water partition coefficient (Wildman–Crippen LogP) is 1.88. The first-order chi connectivity index (χ1) is 14.4. The maximum Gasteiger partial charge on any atom is 0.255 e. The van der Waals surface area contributed by atoms with Crippen LogP contribution in [-0.4, -0.2) is 76.5 Å². The average molecular weight is 490 g/mol. The zero-order valence-electron chi connectivity index (χ0n) is 16.8. The Morgan fingerprint density at radius 1 is 0.968 bits per heavy atom. The van der Waals surface area contributed by atoms with Crippen LogP contribution in [-0.2, 0) is 20.0 Å². The molecule has 1 fully saturated rings. The van der Waals surface area contributed by atoms with Crippen LogP contribution in [0.3, 0.4) is 0 Å². The van der Waals surface area contributed by atoms with Gasteiger partial charge in [0.15, 0.2) is 0 Å². The molecule has 0 spiro atoms. The third-order valence-corrected chi connectivity index (χ3v) is 8.94. The highest BCUT2D eigenvalue weighted by atomic mass is 35.5. The lowest BCUT2D eigenvalue weighted by Gasteiger charge is -2.34. The SMILES string of the molecule is CN(C)S(=O)(=O)c1ccc(Cl)c(C(=O)N2CCN(S(=O)(=O)c3cccc(F)c3)CC2)c1. The van der Waals surface area contributed by atoms with Crippen molar-refractivity contribution in [2.24, 2.45) is 0 Å². The second-order valence-electron chi connectivity index (χ2n) is 7.08. The van der Waals surface area contributed by atoms with Crippen molar-refractivity contribution in [3.8, 4) is 0 Å². The zero-order valence-corrected chi connectivity index (χ0v) is 19.2.